The van der Waals surface area contributed by atoms with Gasteiger partial charge in [0.25, 0.3) is 5.97 Å². The molecule has 3 rings (SSSR count). The van der Waals surface area contributed by atoms with Crippen LogP contribution >= 0.6 is 0 Å². The zero-order valence-electron chi connectivity index (χ0n) is 21.3. The molecule has 0 saturated carbocycles. The number of methoxy groups -OCH3 is 3. The van der Waals surface area contributed by atoms with Gasteiger partial charge in [0.2, 0.25) is 0 Å². The van der Waals surface area contributed by atoms with Gasteiger partial charge < -0.3 is 14.2 Å². The first kappa shape index (κ1) is 25.7. The first-order valence-corrected chi connectivity index (χ1v) is 12.6. The molecule has 0 spiro atoms. The van der Waals surface area contributed by atoms with E-state index in [-0.39, 0.29) is 0 Å². The predicted molar refractivity (Wildman–Crippen MR) is 138 cm³/mol. The predicted octanol–water partition coefficient (Wildman–Crippen LogP) is 7.81. The van der Waals surface area contributed by atoms with Crippen molar-refractivity contribution in [1.29, 1.82) is 0 Å². The maximum Gasteiger partial charge on any atom is 0.296 e. The minimum atomic E-state index is -1.20. The normalized spacial score (nSPS) is 14.9. The lowest BCUT2D eigenvalue weighted by atomic mass is 9.70. The van der Waals surface area contributed by atoms with Crippen molar-refractivity contribution in [3.63, 3.8) is 0 Å². The number of fused-ring (bicyclic) bond motifs is 3. The van der Waals surface area contributed by atoms with Gasteiger partial charge in [-0.25, -0.2) is 0 Å². The molecule has 0 aliphatic heterocycles. The molecule has 1 aliphatic rings. The number of ether oxygens (including phenoxy) is 3. The van der Waals surface area contributed by atoms with Crippen LogP contribution in [0.2, 0.25) is 0 Å². The van der Waals surface area contributed by atoms with Crippen LogP contribution in [-0.2, 0) is 26.0 Å². The van der Waals surface area contributed by atoms with Crippen LogP contribution in [-0.4, -0.2) is 27.3 Å². The number of hydrogen-bond acceptors (Lipinski definition) is 3. The summed E-state index contributed by atoms with van der Waals surface area (Å²) in [5.41, 5.74) is 6.06. The molecule has 0 heterocycles. The van der Waals surface area contributed by atoms with Crippen molar-refractivity contribution in [3.8, 4) is 11.1 Å². The second-order valence-corrected chi connectivity index (χ2v) is 9.18. The van der Waals surface area contributed by atoms with E-state index in [9.17, 15) is 0 Å². The largest absolute Gasteiger partial charge is 0.330 e. The summed E-state index contributed by atoms with van der Waals surface area (Å²) in [4.78, 5) is 0. The third-order valence-corrected chi connectivity index (χ3v) is 7.31. The van der Waals surface area contributed by atoms with Gasteiger partial charge >= 0.3 is 0 Å². The highest BCUT2D eigenvalue weighted by atomic mass is 16.9. The van der Waals surface area contributed by atoms with E-state index in [1.54, 1.807) is 21.3 Å². The molecule has 0 radical (unpaired) electrons. The molecule has 1 aliphatic carbocycles. The number of allylic oxidation sites excluding steroid dienone is 1. The molecule has 3 heteroatoms. The van der Waals surface area contributed by atoms with Crippen molar-refractivity contribution in [2.75, 3.05) is 21.3 Å². The molecule has 0 amide bonds. The lowest BCUT2D eigenvalue weighted by molar-refractivity contribution is -0.380. The van der Waals surface area contributed by atoms with Gasteiger partial charge in [-0.1, -0.05) is 106 Å². The fourth-order valence-corrected chi connectivity index (χ4v) is 5.74. The van der Waals surface area contributed by atoms with E-state index in [1.165, 1.54) is 66.3 Å². The highest BCUT2D eigenvalue weighted by Gasteiger charge is 2.54. The molecule has 0 fully saturated rings. The maximum absolute atomic E-state index is 6.06. The van der Waals surface area contributed by atoms with Crippen molar-refractivity contribution < 1.29 is 14.2 Å². The van der Waals surface area contributed by atoms with Crippen LogP contribution in [0, 0.1) is 0 Å². The fraction of sp³-hybridized carbons (Fsp3) is 0.533. The lowest BCUT2D eigenvalue weighted by Crippen LogP contribution is -2.55. The quantitative estimate of drug-likeness (QED) is 0.142. The van der Waals surface area contributed by atoms with Crippen LogP contribution in [0.4, 0.5) is 0 Å². The number of unbranched alkanes of at least 4 members (excludes halogenated alkanes) is 6. The topological polar surface area (TPSA) is 27.7 Å². The Morgan fingerprint density at radius 2 is 1.42 bits per heavy atom. The van der Waals surface area contributed by atoms with Gasteiger partial charge in [-0.3, -0.25) is 0 Å². The molecule has 33 heavy (non-hydrogen) atoms. The molecule has 0 bridgehead atoms. The van der Waals surface area contributed by atoms with E-state index < -0.39 is 11.4 Å². The molecule has 2 aromatic carbocycles. The Hall–Kier alpha value is -1.94. The van der Waals surface area contributed by atoms with Gasteiger partial charge in [-0.2, -0.15) is 0 Å². The summed E-state index contributed by atoms with van der Waals surface area (Å²) < 4.78 is 18.2. The third-order valence-electron chi connectivity index (χ3n) is 7.31. The number of hydrogen-bond donors (Lipinski definition) is 0. The average Bonchev–Trinajstić information content (AvgIpc) is 3.23. The van der Waals surface area contributed by atoms with Crippen LogP contribution in [0.25, 0.3) is 11.1 Å². The minimum Gasteiger partial charge on any atom is -0.330 e. The lowest BCUT2D eigenvalue weighted by Gasteiger charge is -2.46. The molecule has 0 saturated heterocycles. The second-order valence-electron chi connectivity index (χ2n) is 9.18. The average molecular weight is 451 g/mol. The standard InChI is InChI=1S/C30H42O3/c1-6-8-9-10-11-12-15-22-29(21-7-2,30(31-3,32-4)33-5)28-20-16-19-26-25-18-14-13-17-24(25)23-27(26)28/h7,13-14,16-21H,6,8-12,15,22-23H2,1-5H3. The van der Waals surface area contributed by atoms with Crippen molar-refractivity contribution >= 4 is 0 Å². The van der Waals surface area contributed by atoms with Crippen molar-refractivity contribution in [1.82, 2.24) is 0 Å². The first-order valence-electron chi connectivity index (χ1n) is 12.6. The zero-order chi connectivity index (χ0) is 23.7. The summed E-state index contributed by atoms with van der Waals surface area (Å²) in [6.07, 6.45) is 15.0. The molecule has 2 aromatic rings. The molecule has 180 valence electrons. The van der Waals surface area contributed by atoms with Crippen LogP contribution in [0.1, 0.15) is 81.9 Å². The van der Waals surface area contributed by atoms with Gasteiger partial charge in [0.1, 0.15) is 0 Å². The summed E-state index contributed by atoms with van der Waals surface area (Å²) >= 11 is 0. The van der Waals surface area contributed by atoms with Gasteiger partial charge in [0, 0.05) is 21.3 Å². The highest BCUT2D eigenvalue weighted by Crippen LogP contribution is 2.50. The van der Waals surface area contributed by atoms with Gasteiger partial charge in [0.15, 0.2) is 0 Å². The number of benzene rings is 2. The molecule has 1 atom stereocenters. The van der Waals surface area contributed by atoms with E-state index in [2.05, 4.69) is 68.5 Å². The Kier molecular flexibility index (Phi) is 9.31. The SMILES string of the molecule is CC=CC(CCCCCCCCC)(c1cccc2c1Cc1ccccc1-2)C(OC)(OC)OC. The molecular weight excluding hydrogens is 408 g/mol. The molecule has 1 unspecified atom stereocenters. The highest BCUT2D eigenvalue weighted by molar-refractivity contribution is 5.78. The van der Waals surface area contributed by atoms with Crippen molar-refractivity contribution in [2.24, 2.45) is 0 Å². The minimum absolute atomic E-state index is 0.559. The van der Waals surface area contributed by atoms with E-state index in [0.29, 0.717) is 0 Å². The Labute approximate surface area is 201 Å². The molecule has 3 nitrogen and oxygen atoms in total. The molecule has 0 N–H and O–H groups in total. The zero-order valence-corrected chi connectivity index (χ0v) is 21.3. The van der Waals surface area contributed by atoms with E-state index in [0.717, 1.165) is 19.3 Å². The maximum atomic E-state index is 6.06. The summed E-state index contributed by atoms with van der Waals surface area (Å²) in [6, 6.07) is 15.4. The Balaban J connectivity index is 2.03. The smallest absolute Gasteiger partial charge is 0.296 e. The van der Waals surface area contributed by atoms with Crippen molar-refractivity contribution in [2.45, 2.75) is 83.0 Å². The van der Waals surface area contributed by atoms with E-state index >= 15 is 0 Å². The van der Waals surface area contributed by atoms with Crippen LogP contribution in [0.15, 0.2) is 54.6 Å². The molecule has 0 aromatic heterocycles. The van der Waals surface area contributed by atoms with Gasteiger partial charge in [-0.15, -0.1) is 0 Å². The number of rotatable bonds is 14. The summed E-state index contributed by atoms with van der Waals surface area (Å²) in [5, 5.41) is 0. The van der Waals surface area contributed by atoms with E-state index in [1.807, 2.05) is 0 Å². The Morgan fingerprint density at radius 1 is 0.788 bits per heavy atom. The monoisotopic (exact) mass is 450 g/mol. The second kappa shape index (κ2) is 12.0. The summed E-state index contributed by atoms with van der Waals surface area (Å²) in [7, 11) is 5.07. The Morgan fingerprint density at radius 3 is 2.09 bits per heavy atom. The van der Waals surface area contributed by atoms with E-state index in [4.69, 9.17) is 14.2 Å². The fourth-order valence-electron chi connectivity index (χ4n) is 5.74. The van der Waals surface area contributed by atoms with Crippen LogP contribution in [0.3, 0.4) is 0 Å². The Bertz CT molecular complexity index is 904. The summed E-state index contributed by atoms with van der Waals surface area (Å²) in [5.74, 6) is -1.20. The first-order chi connectivity index (χ1) is 16.1. The van der Waals surface area contributed by atoms with Crippen LogP contribution < -0.4 is 0 Å². The molecular formula is C30H42O3. The summed E-state index contributed by atoms with van der Waals surface area (Å²) in [6.45, 7) is 4.34. The van der Waals surface area contributed by atoms with Crippen LogP contribution in [0.5, 0.6) is 0 Å². The van der Waals surface area contributed by atoms with Crippen molar-refractivity contribution in [3.05, 3.63) is 71.3 Å². The van der Waals surface area contributed by atoms with Gasteiger partial charge in [0.05, 0.1) is 5.41 Å². The third kappa shape index (κ3) is 4.96. The van der Waals surface area contributed by atoms with Gasteiger partial charge in [-0.05, 0) is 47.6 Å².